The van der Waals surface area contributed by atoms with E-state index in [9.17, 15) is 4.79 Å². The van der Waals surface area contributed by atoms with Gasteiger partial charge in [0.2, 0.25) is 5.91 Å². The van der Waals surface area contributed by atoms with Crippen LogP contribution in [0.2, 0.25) is 0 Å². The van der Waals surface area contributed by atoms with E-state index in [-0.39, 0.29) is 42.3 Å². The van der Waals surface area contributed by atoms with Gasteiger partial charge in [-0.1, -0.05) is 19.8 Å². The maximum absolute atomic E-state index is 11.7. The van der Waals surface area contributed by atoms with Crippen molar-refractivity contribution in [2.24, 2.45) is 11.7 Å². The molecular weight excluding hydrogens is 297 g/mol. The third-order valence-electron chi connectivity index (χ3n) is 4.14. The average Bonchev–Trinajstić information content (AvgIpc) is 2.25. The molecule has 1 aliphatic carbocycles. The van der Waals surface area contributed by atoms with E-state index in [1.165, 1.54) is 25.7 Å². The van der Waals surface area contributed by atoms with Gasteiger partial charge in [-0.3, -0.25) is 4.79 Å². The molecule has 1 saturated carbocycles. The summed E-state index contributed by atoms with van der Waals surface area (Å²) in [4.78, 5) is 14.0. The zero-order valence-electron chi connectivity index (χ0n) is 13.1. The minimum atomic E-state index is -0.0643. The molecule has 1 rings (SSSR count). The minimum absolute atomic E-state index is 0. The molecule has 1 amide bonds. The first kappa shape index (κ1) is 22.3. The largest absolute Gasteiger partial charge is 0.354 e. The lowest BCUT2D eigenvalue weighted by atomic mass is 9.75. The molecule has 4 nitrogen and oxygen atoms in total. The van der Waals surface area contributed by atoms with E-state index in [0.29, 0.717) is 6.42 Å². The minimum Gasteiger partial charge on any atom is -0.354 e. The van der Waals surface area contributed by atoms with Crippen molar-refractivity contribution in [2.45, 2.75) is 57.5 Å². The normalized spacial score (nSPS) is 27.2. The fourth-order valence-corrected chi connectivity index (χ4v) is 2.98. The Morgan fingerprint density at radius 2 is 2.05 bits per heavy atom. The third kappa shape index (κ3) is 6.61. The Hall–Kier alpha value is -0.0300. The van der Waals surface area contributed by atoms with Crippen LogP contribution in [-0.4, -0.2) is 43.0 Å². The van der Waals surface area contributed by atoms with Gasteiger partial charge in [-0.05, 0) is 39.8 Å². The van der Waals surface area contributed by atoms with E-state index in [4.69, 9.17) is 5.73 Å². The van der Waals surface area contributed by atoms with Crippen molar-refractivity contribution in [2.75, 3.05) is 20.6 Å². The second-order valence-electron chi connectivity index (χ2n) is 6.28. The smallest absolute Gasteiger partial charge is 0.221 e. The lowest BCUT2D eigenvalue weighted by Crippen LogP contribution is -2.55. The van der Waals surface area contributed by atoms with Crippen LogP contribution in [0.3, 0.4) is 0 Å². The summed E-state index contributed by atoms with van der Waals surface area (Å²) in [5, 5.41) is 3.07. The summed E-state index contributed by atoms with van der Waals surface area (Å²) in [6, 6.07) is -0.0643. The first-order valence-electron chi connectivity index (χ1n) is 7.05. The second-order valence-corrected chi connectivity index (χ2v) is 6.28. The van der Waals surface area contributed by atoms with E-state index in [1.54, 1.807) is 0 Å². The van der Waals surface area contributed by atoms with Crippen LogP contribution in [-0.2, 0) is 4.79 Å². The van der Waals surface area contributed by atoms with Gasteiger partial charge in [-0.2, -0.15) is 0 Å². The maximum atomic E-state index is 11.7. The Balaban J connectivity index is 0. The van der Waals surface area contributed by atoms with Gasteiger partial charge in [0, 0.05) is 24.5 Å². The van der Waals surface area contributed by atoms with Crippen molar-refractivity contribution in [1.29, 1.82) is 0 Å². The molecule has 20 heavy (non-hydrogen) atoms. The van der Waals surface area contributed by atoms with Gasteiger partial charge in [0.05, 0.1) is 0 Å². The Labute approximate surface area is 136 Å². The van der Waals surface area contributed by atoms with Gasteiger partial charge in [-0.25, -0.2) is 0 Å². The van der Waals surface area contributed by atoms with Crippen molar-refractivity contribution in [3.05, 3.63) is 0 Å². The number of nitrogens with two attached hydrogens (primary N) is 1. The van der Waals surface area contributed by atoms with Crippen LogP contribution in [0.1, 0.15) is 46.0 Å². The van der Waals surface area contributed by atoms with Crippen LogP contribution in [0.15, 0.2) is 0 Å². The zero-order valence-corrected chi connectivity index (χ0v) is 14.8. The van der Waals surface area contributed by atoms with E-state index >= 15 is 0 Å². The van der Waals surface area contributed by atoms with Gasteiger partial charge >= 0.3 is 0 Å². The van der Waals surface area contributed by atoms with E-state index in [0.717, 1.165) is 12.5 Å². The van der Waals surface area contributed by atoms with Gasteiger partial charge in [0.25, 0.3) is 0 Å². The maximum Gasteiger partial charge on any atom is 0.221 e. The lowest BCUT2D eigenvalue weighted by Gasteiger charge is -2.45. The SMILES string of the molecule is CC(N)CC(=O)NCC1(N(C)C)CCCC(C)C1.Cl.Cl. The van der Waals surface area contributed by atoms with Crippen LogP contribution in [0, 0.1) is 5.92 Å². The molecule has 3 N–H and O–H groups in total. The Morgan fingerprint density at radius 1 is 1.45 bits per heavy atom. The van der Waals surface area contributed by atoms with Gasteiger partial charge in [-0.15, -0.1) is 24.8 Å². The molecule has 3 unspecified atom stereocenters. The van der Waals surface area contributed by atoms with Crippen LogP contribution in [0.5, 0.6) is 0 Å². The fraction of sp³-hybridized carbons (Fsp3) is 0.929. The number of carbonyl (C=O) groups is 1. The molecule has 0 heterocycles. The highest BCUT2D eigenvalue weighted by atomic mass is 35.5. The lowest BCUT2D eigenvalue weighted by molar-refractivity contribution is -0.122. The summed E-state index contributed by atoms with van der Waals surface area (Å²) in [5.41, 5.74) is 5.78. The highest BCUT2D eigenvalue weighted by molar-refractivity contribution is 5.85. The van der Waals surface area contributed by atoms with Gasteiger partial charge in [0.1, 0.15) is 0 Å². The Bertz CT molecular complexity index is 288. The summed E-state index contributed by atoms with van der Waals surface area (Å²) in [7, 11) is 4.24. The number of likely N-dealkylation sites (N-methyl/N-ethyl adjacent to an activating group) is 1. The molecule has 0 aliphatic heterocycles. The van der Waals surface area contributed by atoms with Crippen molar-refractivity contribution in [3.8, 4) is 0 Å². The predicted octanol–water partition coefficient (Wildman–Crippen LogP) is 2.19. The number of rotatable bonds is 5. The number of hydrogen-bond donors (Lipinski definition) is 2. The number of nitrogens with one attached hydrogen (secondary N) is 1. The molecule has 0 aromatic carbocycles. The van der Waals surface area contributed by atoms with Gasteiger partial charge in [0.15, 0.2) is 0 Å². The van der Waals surface area contributed by atoms with E-state index < -0.39 is 0 Å². The van der Waals surface area contributed by atoms with E-state index in [1.807, 2.05) is 6.92 Å². The van der Waals surface area contributed by atoms with Gasteiger partial charge < -0.3 is 16.0 Å². The first-order valence-corrected chi connectivity index (χ1v) is 7.05. The topological polar surface area (TPSA) is 58.4 Å². The number of halogens is 2. The quantitative estimate of drug-likeness (QED) is 0.813. The molecule has 0 bridgehead atoms. The molecule has 1 fully saturated rings. The summed E-state index contributed by atoms with van der Waals surface area (Å²) in [6.45, 7) is 4.92. The van der Waals surface area contributed by atoms with Crippen molar-refractivity contribution < 1.29 is 4.79 Å². The van der Waals surface area contributed by atoms with Crippen molar-refractivity contribution >= 4 is 30.7 Å². The molecule has 1 aliphatic rings. The molecule has 0 spiro atoms. The monoisotopic (exact) mass is 327 g/mol. The Kier molecular flexibility index (Phi) is 10.9. The van der Waals surface area contributed by atoms with Crippen LogP contribution >= 0.6 is 24.8 Å². The van der Waals surface area contributed by atoms with Crippen LogP contribution < -0.4 is 11.1 Å². The predicted molar refractivity (Wildman–Crippen MR) is 89.8 cm³/mol. The van der Waals surface area contributed by atoms with Crippen molar-refractivity contribution in [3.63, 3.8) is 0 Å². The number of hydrogen-bond acceptors (Lipinski definition) is 3. The molecule has 0 aromatic rings. The highest BCUT2D eigenvalue weighted by Crippen LogP contribution is 2.35. The third-order valence-corrected chi connectivity index (χ3v) is 4.14. The van der Waals surface area contributed by atoms with E-state index in [2.05, 4.69) is 31.2 Å². The van der Waals surface area contributed by atoms with Crippen LogP contribution in [0.4, 0.5) is 0 Å². The summed E-state index contributed by atoms with van der Waals surface area (Å²) in [6.07, 6.45) is 5.31. The standard InChI is InChI=1S/C14H29N3O.2ClH/c1-11-6-5-7-14(9-11,17(3)4)10-16-13(18)8-12(2)15;;/h11-12H,5-10,15H2,1-4H3,(H,16,18);2*1H. The zero-order chi connectivity index (χ0) is 13.8. The Morgan fingerprint density at radius 3 is 2.50 bits per heavy atom. The van der Waals surface area contributed by atoms with Crippen molar-refractivity contribution in [1.82, 2.24) is 10.2 Å². The molecule has 0 saturated heterocycles. The summed E-state index contributed by atoms with van der Waals surface area (Å²) >= 11 is 0. The summed E-state index contributed by atoms with van der Waals surface area (Å²) < 4.78 is 0. The molecule has 6 heteroatoms. The highest BCUT2D eigenvalue weighted by Gasteiger charge is 2.37. The molecule has 0 radical (unpaired) electrons. The fourth-order valence-electron chi connectivity index (χ4n) is 2.98. The number of carbonyl (C=O) groups excluding carboxylic acids is 1. The second kappa shape index (κ2) is 9.82. The summed E-state index contributed by atoms with van der Waals surface area (Å²) in [5.74, 6) is 0.816. The number of amides is 1. The molecule has 122 valence electrons. The number of nitrogens with zero attached hydrogens (tertiary/aromatic N) is 1. The molecule has 0 aromatic heterocycles. The molecule has 3 atom stereocenters. The van der Waals surface area contributed by atoms with Crippen LogP contribution in [0.25, 0.3) is 0 Å². The molecular formula is C14H31Cl2N3O. The first-order chi connectivity index (χ1) is 8.35. The average molecular weight is 328 g/mol.